The Balaban J connectivity index is 0.000000317. The zero-order valence-corrected chi connectivity index (χ0v) is 28.2. The van der Waals surface area contributed by atoms with Crippen LogP contribution < -0.4 is 26.8 Å². The van der Waals surface area contributed by atoms with Crippen molar-refractivity contribution in [3.05, 3.63) is 97.6 Å². The molecule has 13 nitrogen and oxygen atoms in total. The second-order valence-electron chi connectivity index (χ2n) is 10.8. The van der Waals surface area contributed by atoms with E-state index in [0.29, 0.717) is 28.9 Å². The van der Waals surface area contributed by atoms with E-state index in [1.807, 2.05) is 42.2 Å². The maximum atomic E-state index is 10.8. The summed E-state index contributed by atoms with van der Waals surface area (Å²) < 4.78 is 7.20. The molecular weight excluding hydrogens is 606 g/mol. The van der Waals surface area contributed by atoms with Crippen LogP contribution in [0, 0.1) is 22.7 Å². The van der Waals surface area contributed by atoms with Crippen molar-refractivity contribution in [2.45, 2.75) is 45.8 Å². The van der Waals surface area contributed by atoms with Crippen molar-refractivity contribution < 1.29 is 9.53 Å². The number of ether oxygens (including phenoxy) is 1. The maximum Gasteiger partial charge on any atom is 0.211 e. The molecule has 4 rings (SSSR count). The van der Waals surface area contributed by atoms with E-state index in [9.17, 15) is 4.79 Å². The number of nitrogens with zero attached hydrogens (tertiary/aromatic N) is 6. The molecule has 1 atom stereocenters. The summed E-state index contributed by atoms with van der Waals surface area (Å²) in [7, 11) is 2.13. The molecule has 3 aromatic rings. The van der Waals surface area contributed by atoms with E-state index in [0.717, 1.165) is 56.7 Å². The van der Waals surface area contributed by atoms with Crippen molar-refractivity contribution in [3.63, 3.8) is 0 Å². The highest BCUT2D eigenvalue weighted by Gasteiger charge is 2.24. The van der Waals surface area contributed by atoms with Gasteiger partial charge in [-0.05, 0) is 69.6 Å². The number of benzene rings is 1. The van der Waals surface area contributed by atoms with E-state index in [1.54, 1.807) is 30.7 Å². The third-order valence-electron chi connectivity index (χ3n) is 7.53. The van der Waals surface area contributed by atoms with Crippen LogP contribution in [0.1, 0.15) is 38.7 Å². The van der Waals surface area contributed by atoms with Crippen LogP contribution in [0.3, 0.4) is 0 Å². The number of aromatic nitrogens is 3. The summed E-state index contributed by atoms with van der Waals surface area (Å²) in [5.74, 6) is 2.33. The van der Waals surface area contributed by atoms with Gasteiger partial charge in [0.05, 0.1) is 6.67 Å². The summed E-state index contributed by atoms with van der Waals surface area (Å²) in [6.07, 6.45) is 14.7. The molecule has 7 N–H and O–H groups in total. The number of piperidine rings is 1. The Bertz CT molecular complexity index is 1490. The maximum absolute atomic E-state index is 10.8. The van der Waals surface area contributed by atoms with E-state index in [4.69, 9.17) is 26.9 Å². The number of hydrogen-bond donors (Lipinski definition) is 5. The molecule has 256 valence electrons. The number of likely N-dealkylation sites (tertiary alicyclic amines) is 1. The lowest BCUT2D eigenvalue weighted by atomic mass is 10.0. The number of amides is 1. The molecule has 1 aliphatic heterocycles. The Morgan fingerprint density at radius 3 is 2.42 bits per heavy atom. The fraction of sp³-hybridized carbons (Fsp3) is 0.343. The lowest BCUT2D eigenvalue weighted by Crippen LogP contribution is -2.48. The molecule has 1 aromatic carbocycles. The van der Waals surface area contributed by atoms with Crippen LogP contribution in [0.15, 0.2) is 92.1 Å². The Labute approximate surface area is 284 Å². The number of rotatable bonds is 13. The first-order valence-corrected chi connectivity index (χ1v) is 15.7. The third kappa shape index (κ3) is 12.7. The second-order valence-corrected chi connectivity index (χ2v) is 10.8. The SMILES string of the molecule is C/C=C\C/C=C(/NC=O)C(C)CN(C)C1CCN(C(=N)N)CC1.C=C.N#Cc1cn(CN)nc1Nc1ccc(Oc2ccncc2)cc1. The van der Waals surface area contributed by atoms with E-state index >= 15 is 0 Å². The molecule has 0 radical (unpaired) electrons. The van der Waals surface area contributed by atoms with Crippen molar-refractivity contribution in [2.75, 3.05) is 32.0 Å². The number of nitrogens with one attached hydrogen (secondary N) is 3. The minimum atomic E-state index is 0.170. The van der Waals surface area contributed by atoms with Gasteiger partial charge in [0, 0.05) is 61.6 Å². The molecule has 1 aliphatic rings. The minimum Gasteiger partial charge on any atom is -0.457 e. The molecule has 0 spiro atoms. The van der Waals surface area contributed by atoms with Gasteiger partial charge in [-0.1, -0.05) is 25.2 Å². The molecular formula is C35H49N11O2. The number of nitrogens with two attached hydrogens (primary N) is 2. The summed E-state index contributed by atoms with van der Waals surface area (Å²) in [6, 6.07) is 13.5. The van der Waals surface area contributed by atoms with Crippen molar-refractivity contribution in [1.82, 2.24) is 29.9 Å². The molecule has 1 amide bonds. The average molecular weight is 656 g/mol. The fourth-order valence-corrected chi connectivity index (χ4v) is 5.00. The van der Waals surface area contributed by atoms with Gasteiger partial charge < -0.3 is 36.6 Å². The van der Waals surface area contributed by atoms with E-state index in [-0.39, 0.29) is 18.5 Å². The van der Waals surface area contributed by atoms with Crippen molar-refractivity contribution >= 4 is 23.9 Å². The van der Waals surface area contributed by atoms with Gasteiger partial charge in [-0.2, -0.15) is 10.4 Å². The Hall–Kier alpha value is -5.45. The first kappa shape index (κ1) is 38.7. The first-order chi connectivity index (χ1) is 23.3. The largest absolute Gasteiger partial charge is 0.457 e. The minimum absolute atomic E-state index is 0.170. The van der Waals surface area contributed by atoms with Crippen LogP contribution in [0.4, 0.5) is 11.5 Å². The molecule has 1 unspecified atom stereocenters. The van der Waals surface area contributed by atoms with Gasteiger partial charge >= 0.3 is 0 Å². The molecule has 2 aromatic heterocycles. The van der Waals surface area contributed by atoms with Gasteiger partial charge in [0.15, 0.2) is 11.8 Å². The predicted molar refractivity (Wildman–Crippen MR) is 191 cm³/mol. The molecule has 1 saturated heterocycles. The van der Waals surface area contributed by atoms with E-state index in [2.05, 4.69) is 71.0 Å². The number of allylic oxidation sites excluding steroid dienone is 3. The average Bonchev–Trinajstić information content (AvgIpc) is 3.52. The summed E-state index contributed by atoms with van der Waals surface area (Å²) in [4.78, 5) is 19.0. The zero-order valence-electron chi connectivity index (χ0n) is 28.2. The van der Waals surface area contributed by atoms with Gasteiger partial charge in [-0.15, -0.1) is 13.2 Å². The molecule has 48 heavy (non-hydrogen) atoms. The summed E-state index contributed by atoms with van der Waals surface area (Å²) in [5.41, 5.74) is 13.3. The molecule has 0 saturated carbocycles. The normalized spacial score (nSPS) is 13.8. The standard InChI is InChI=1S/C17H31N5O.C16H14N6O.C2H4/c1-4-5-6-7-16(20-13-23)14(2)12-21(3)15-8-10-22(11-9-15)17(18)19;17-9-12-10-22(11-18)21-16(12)20-13-1-3-14(4-2-13)23-15-5-7-19-8-6-15;1-2/h4-5,7,13-15H,6,8-12H2,1-3H3,(H3,18,19)(H,20,23);1-8,10H,11,18H2,(H,20,21);1-2H2/b5-4-,16-7+;;. The predicted octanol–water partition coefficient (Wildman–Crippen LogP) is 4.91. The Morgan fingerprint density at radius 2 is 1.85 bits per heavy atom. The van der Waals surface area contributed by atoms with Crippen LogP contribution >= 0.6 is 0 Å². The smallest absolute Gasteiger partial charge is 0.211 e. The van der Waals surface area contributed by atoms with Gasteiger partial charge in [-0.25, -0.2) is 0 Å². The zero-order chi connectivity index (χ0) is 35.3. The number of carbonyl (C=O) groups is 1. The van der Waals surface area contributed by atoms with Crippen LogP contribution in [-0.2, 0) is 11.5 Å². The topological polar surface area (TPSA) is 187 Å². The van der Waals surface area contributed by atoms with Crippen LogP contribution in [0.25, 0.3) is 0 Å². The van der Waals surface area contributed by atoms with Crippen LogP contribution in [-0.4, -0.2) is 69.7 Å². The molecule has 3 heterocycles. The van der Waals surface area contributed by atoms with Crippen molar-refractivity contribution in [3.8, 4) is 17.6 Å². The molecule has 0 bridgehead atoms. The first-order valence-electron chi connectivity index (χ1n) is 15.7. The van der Waals surface area contributed by atoms with Gasteiger partial charge in [0.25, 0.3) is 0 Å². The lowest BCUT2D eigenvalue weighted by Gasteiger charge is -2.38. The summed E-state index contributed by atoms with van der Waals surface area (Å²) in [6.45, 7) is 12.9. The number of nitriles is 1. The third-order valence-corrected chi connectivity index (χ3v) is 7.53. The fourth-order valence-electron chi connectivity index (χ4n) is 5.00. The van der Waals surface area contributed by atoms with Crippen LogP contribution in [0.2, 0.25) is 0 Å². The highest BCUT2D eigenvalue weighted by molar-refractivity contribution is 5.74. The molecule has 0 aliphatic carbocycles. The number of carbonyl (C=O) groups excluding carboxylic acids is 1. The number of pyridine rings is 1. The lowest BCUT2D eigenvalue weighted by molar-refractivity contribution is -0.109. The Kier molecular flexibility index (Phi) is 17.2. The number of hydrogen-bond acceptors (Lipinski definition) is 9. The van der Waals surface area contributed by atoms with Crippen molar-refractivity contribution in [2.24, 2.45) is 17.4 Å². The quantitative estimate of drug-likeness (QED) is 0.0733. The monoisotopic (exact) mass is 655 g/mol. The highest BCUT2D eigenvalue weighted by Crippen LogP contribution is 2.25. The van der Waals surface area contributed by atoms with Gasteiger partial charge in [-0.3, -0.25) is 19.9 Å². The number of guanidine groups is 1. The molecule has 1 fully saturated rings. The van der Waals surface area contributed by atoms with Gasteiger partial charge in [0.1, 0.15) is 23.1 Å². The molecule has 13 heteroatoms. The van der Waals surface area contributed by atoms with E-state index < -0.39 is 0 Å². The van der Waals surface area contributed by atoms with E-state index in [1.165, 1.54) is 4.68 Å². The Morgan fingerprint density at radius 1 is 1.21 bits per heavy atom. The van der Waals surface area contributed by atoms with Crippen LogP contribution in [0.5, 0.6) is 11.5 Å². The number of anilines is 2. The highest BCUT2D eigenvalue weighted by atomic mass is 16.5. The second kappa shape index (κ2) is 21.4. The summed E-state index contributed by atoms with van der Waals surface area (Å²) >= 11 is 0. The van der Waals surface area contributed by atoms with Crippen molar-refractivity contribution in [1.29, 1.82) is 10.7 Å². The van der Waals surface area contributed by atoms with Gasteiger partial charge in [0.2, 0.25) is 6.41 Å². The summed E-state index contributed by atoms with van der Waals surface area (Å²) in [5, 5.41) is 26.7.